The van der Waals surface area contributed by atoms with Crippen molar-refractivity contribution in [3.63, 3.8) is 0 Å². The van der Waals surface area contributed by atoms with Crippen molar-refractivity contribution in [1.82, 2.24) is 0 Å². The van der Waals surface area contributed by atoms with Crippen LogP contribution in [0.1, 0.15) is 11.1 Å². The van der Waals surface area contributed by atoms with Crippen molar-refractivity contribution < 1.29 is 17.7 Å². The Bertz CT molecular complexity index is 859. The molecule has 0 radical (unpaired) electrons. The maximum atomic E-state index is 10.9. The molecule has 0 saturated carbocycles. The zero-order valence-electron chi connectivity index (χ0n) is 10.5. The molecule has 0 fully saturated rings. The largest absolute Gasteiger partial charge is 0.456 e. The van der Waals surface area contributed by atoms with Gasteiger partial charge in [-0.25, -0.2) is 0 Å². The molecule has 2 aromatic carbocycles. The van der Waals surface area contributed by atoms with Gasteiger partial charge in [-0.2, -0.15) is 18.9 Å². The molecule has 2 aromatic rings. The van der Waals surface area contributed by atoms with E-state index < -0.39 is 10.1 Å². The zero-order chi connectivity index (χ0) is 15.5. The summed E-state index contributed by atoms with van der Waals surface area (Å²) in [6.45, 7) is 0. The molecule has 0 spiro atoms. The first-order valence-corrected chi connectivity index (χ1v) is 7.08. The van der Waals surface area contributed by atoms with Crippen LogP contribution in [0.5, 0.6) is 11.5 Å². The molecule has 0 aliphatic rings. The van der Waals surface area contributed by atoms with Gasteiger partial charge in [-0.05, 0) is 36.4 Å². The number of benzene rings is 2. The summed E-state index contributed by atoms with van der Waals surface area (Å²) >= 11 is 0. The van der Waals surface area contributed by atoms with E-state index in [4.69, 9.17) is 19.8 Å². The Morgan fingerprint density at radius 3 is 2.19 bits per heavy atom. The van der Waals surface area contributed by atoms with Gasteiger partial charge in [0, 0.05) is 0 Å². The van der Waals surface area contributed by atoms with E-state index in [9.17, 15) is 8.42 Å². The predicted molar refractivity (Wildman–Crippen MR) is 72.2 cm³/mol. The summed E-state index contributed by atoms with van der Waals surface area (Å²) in [5.41, 5.74) is 0.281. The van der Waals surface area contributed by atoms with Crippen LogP contribution in [-0.2, 0) is 10.1 Å². The molecule has 0 heterocycles. The highest BCUT2D eigenvalue weighted by atomic mass is 32.2. The number of hydrogen-bond acceptors (Lipinski definition) is 5. The monoisotopic (exact) mass is 300 g/mol. The van der Waals surface area contributed by atoms with E-state index in [0.717, 1.165) is 0 Å². The van der Waals surface area contributed by atoms with Crippen LogP contribution in [0.25, 0.3) is 0 Å². The molecule has 21 heavy (non-hydrogen) atoms. The molecule has 0 atom stereocenters. The minimum absolute atomic E-state index is 0.0962. The molecular formula is C14H8N2O4S. The van der Waals surface area contributed by atoms with E-state index in [1.807, 2.05) is 12.1 Å². The van der Waals surface area contributed by atoms with Crippen LogP contribution in [0.3, 0.4) is 0 Å². The fraction of sp³-hybridized carbons (Fsp3) is 0. The number of hydrogen-bond donors (Lipinski definition) is 1. The average molecular weight is 300 g/mol. The van der Waals surface area contributed by atoms with Gasteiger partial charge in [-0.15, -0.1) is 0 Å². The van der Waals surface area contributed by atoms with Crippen molar-refractivity contribution >= 4 is 10.1 Å². The fourth-order valence-corrected chi connectivity index (χ4v) is 2.11. The van der Waals surface area contributed by atoms with Crippen LogP contribution in [0.4, 0.5) is 0 Å². The lowest BCUT2D eigenvalue weighted by Crippen LogP contribution is -1.97. The normalized spacial score (nSPS) is 10.4. The van der Waals surface area contributed by atoms with Gasteiger partial charge in [0.1, 0.15) is 29.2 Å². The van der Waals surface area contributed by atoms with E-state index in [1.54, 1.807) is 6.07 Å². The molecule has 104 valence electrons. The predicted octanol–water partition coefficient (Wildman–Crippen LogP) is 2.47. The molecule has 0 aromatic heterocycles. The van der Waals surface area contributed by atoms with Crippen molar-refractivity contribution in [3.05, 3.63) is 53.6 Å². The molecule has 0 amide bonds. The smallest absolute Gasteiger partial charge is 0.294 e. The number of nitrogens with zero attached hydrogens (tertiary/aromatic N) is 2. The average Bonchev–Trinajstić information content (AvgIpc) is 2.46. The van der Waals surface area contributed by atoms with Gasteiger partial charge in [0.2, 0.25) is 0 Å². The number of rotatable bonds is 3. The highest BCUT2D eigenvalue weighted by Gasteiger charge is 2.12. The van der Waals surface area contributed by atoms with Crippen LogP contribution in [0, 0.1) is 22.7 Å². The van der Waals surface area contributed by atoms with Gasteiger partial charge < -0.3 is 4.74 Å². The second-order valence-corrected chi connectivity index (χ2v) is 5.37. The summed E-state index contributed by atoms with van der Waals surface area (Å²) in [4.78, 5) is -0.263. The fourth-order valence-electron chi connectivity index (χ4n) is 1.63. The highest BCUT2D eigenvalue weighted by Crippen LogP contribution is 2.27. The first kappa shape index (κ1) is 14.5. The highest BCUT2D eigenvalue weighted by molar-refractivity contribution is 7.85. The van der Waals surface area contributed by atoms with Crippen molar-refractivity contribution in [2.75, 3.05) is 0 Å². The Morgan fingerprint density at radius 2 is 1.67 bits per heavy atom. The Balaban J connectivity index is 2.36. The lowest BCUT2D eigenvalue weighted by molar-refractivity contribution is 0.477. The lowest BCUT2D eigenvalue weighted by atomic mass is 10.1. The maximum absolute atomic E-state index is 10.9. The summed E-state index contributed by atoms with van der Waals surface area (Å²) in [6, 6.07) is 13.4. The summed E-state index contributed by atoms with van der Waals surface area (Å²) in [7, 11) is -4.27. The van der Waals surface area contributed by atoms with Crippen molar-refractivity contribution in [2.45, 2.75) is 4.90 Å². The Morgan fingerprint density at radius 1 is 1.00 bits per heavy atom. The topological polar surface area (TPSA) is 111 Å². The molecule has 0 saturated heterocycles. The summed E-state index contributed by atoms with van der Waals surface area (Å²) in [5, 5.41) is 18.0. The third-order valence-electron chi connectivity index (χ3n) is 2.61. The van der Waals surface area contributed by atoms with Gasteiger partial charge in [0.25, 0.3) is 10.1 Å². The molecule has 0 unspecified atom stereocenters. The minimum atomic E-state index is -4.27. The van der Waals surface area contributed by atoms with E-state index in [-0.39, 0.29) is 27.5 Å². The first-order chi connectivity index (χ1) is 9.95. The summed E-state index contributed by atoms with van der Waals surface area (Å²) < 4.78 is 36.2. The Kier molecular flexibility index (Phi) is 3.90. The van der Waals surface area contributed by atoms with Crippen molar-refractivity contribution in [2.24, 2.45) is 0 Å². The number of nitriles is 2. The summed E-state index contributed by atoms with van der Waals surface area (Å²) in [6.07, 6.45) is 0. The Labute approximate surface area is 121 Å². The van der Waals surface area contributed by atoms with Crippen LogP contribution >= 0.6 is 0 Å². The molecule has 2 rings (SSSR count). The van der Waals surface area contributed by atoms with Crippen molar-refractivity contribution in [3.8, 4) is 23.6 Å². The third kappa shape index (κ3) is 3.18. The zero-order valence-corrected chi connectivity index (χ0v) is 11.3. The first-order valence-electron chi connectivity index (χ1n) is 5.64. The number of ether oxygens (including phenoxy) is 1. The van der Waals surface area contributed by atoms with E-state index in [0.29, 0.717) is 0 Å². The second-order valence-electron chi connectivity index (χ2n) is 3.95. The van der Waals surface area contributed by atoms with Gasteiger partial charge in [-0.1, -0.05) is 6.07 Å². The summed E-state index contributed by atoms with van der Waals surface area (Å²) in [5.74, 6) is 0.463. The van der Waals surface area contributed by atoms with E-state index in [2.05, 4.69) is 0 Å². The second kappa shape index (κ2) is 5.63. The molecule has 1 N–H and O–H groups in total. The van der Waals surface area contributed by atoms with Crippen LogP contribution < -0.4 is 4.74 Å². The molecule has 0 bridgehead atoms. The van der Waals surface area contributed by atoms with E-state index >= 15 is 0 Å². The maximum Gasteiger partial charge on any atom is 0.294 e. The standard InChI is InChI=1S/C14H8N2O4S/c15-8-10-2-1-3-14(13(10)9-16)20-11-4-6-12(7-5-11)21(17,18)19/h1-7H,(H,17,18,19). The van der Waals surface area contributed by atoms with Gasteiger partial charge in [0.15, 0.2) is 0 Å². The van der Waals surface area contributed by atoms with Crippen LogP contribution in [-0.4, -0.2) is 13.0 Å². The SMILES string of the molecule is N#Cc1cccc(Oc2ccc(S(=O)(=O)O)cc2)c1C#N. The van der Waals surface area contributed by atoms with Crippen molar-refractivity contribution in [1.29, 1.82) is 10.5 Å². The van der Waals surface area contributed by atoms with Gasteiger partial charge in [-0.3, -0.25) is 4.55 Å². The van der Waals surface area contributed by atoms with Crippen LogP contribution in [0.2, 0.25) is 0 Å². The minimum Gasteiger partial charge on any atom is -0.456 e. The van der Waals surface area contributed by atoms with Gasteiger partial charge >= 0.3 is 0 Å². The quantitative estimate of drug-likeness (QED) is 0.871. The van der Waals surface area contributed by atoms with Gasteiger partial charge in [0.05, 0.1) is 10.5 Å². The third-order valence-corrected chi connectivity index (χ3v) is 3.48. The molecule has 0 aliphatic heterocycles. The van der Waals surface area contributed by atoms with E-state index in [1.165, 1.54) is 36.4 Å². The molecule has 7 heteroatoms. The van der Waals surface area contributed by atoms with Crippen LogP contribution in [0.15, 0.2) is 47.4 Å². The Hall–Kier alpha value is -2.87. The molecular weight excluding hydrogens is 292 g/mol. The molecule has 0 aliphatic carbocycles. The lowest BCUT2D eigenvalue weighted by Gasteiger charge is -2.08. The molecule has 6 nitrogen and oxygen atoms in total.